The fourth-order valence-electron chi connectivity index (χ4n) is 2.53. The van der Waals surface area contributed by atoms with Gasteiger partial charge < -0.3 is 10.6 Å². The van der Waals surface area contributed by atoms with E-state index in [-0.39, 0.29) is 11.0 Å². The van der Waals surface area contributed by atoms with Crippen molar-refractivity contribution in [3.05, 3.63) is 22.6 Å². The summed E-state index contributed by atoms with van der Waals surface area (Å²) in [5.74, 6) is 0. The van der Waals surface area contributed by atoms with Crippen molar-refractivity contribution in [2.24, 2.45) is 11.1 Å². The average Bonchev–Trinajstić information content (AvgIpc) is 2.94. The number of anilines is 1. The first-order valence-electron chi connectivity index (χ1n) is 7.52. The lowest BCUT2D eigenvalue weighted by molar-refractivity contribution is 0.420. The first-order chi connectivity index (χ1) is 9.90. The average molecular weight is 308 g/mol. The van der Waals surface area contributed by atoms with Crippen LogP contribution in [-0.4, -0.2) is 27.9 Å². The molecule has 1 aromatic rings. The Balaban J connectivity index is 1.95. The van der Waals surface area contributed by atoms with E-state index in [1.807, 2.05) is 13.8 Å². The summed E-state index contributed by atoms with van der Waals surface area (Å²) in [4.78, 5) is 14.8. The van der Waals surface area contributed by atoms with Crippen LogP contribution in [0.3, 0.4) is 0 Å². The third-order valence-corrected chi connectivity index (χ3v) is 4.72. The Hall–Kier alpha value is -1.43. The summed E-state index contributed by atoms with van der Waals surface area (Å²) in [7, 11) is 0. The standard InChI is InChI=1S/C15H24N4OS/c1-15(2,14(16)21)6-5-9-19-13(20)10-12(11-17-19)18-7-3-4-8-18/h10-11H,3-9H2,1-2H3,(H2,16,21). The maximum atomic E-state index is 12.1. The van der Waals surface area contributed by atoms with Crippen LogP contribution in [0.4, 0.5) is 5.69 Å². The quantitative estimate of drug-likeness (QED) is 0.814. The molecule has 1 saturated heterocycles. The van der Waals surface area contributed by atoms with Crippen LogP contribution < -0.4 is 16.2 Å². The van der Waals surface area contributed by atoms with Gasteiger partial charge in [-0.15, -0.1) is 0 Å². The largest absolute Gasteiger partial charge is 0.393 e. The molecule has 1 aliphatic rings. The minimum Gasteiger partial charge on any atom is -0.393 e. The van der Waals surface area contributed by atoms with Gasteiger partial charge in [0.05, 0.1) is 16.9 Å². The second-order valence-corrected chi connectivity index (χ2v) is 6.76. The van der Waals surface area contributed by atoms with Crippen LogP contribution >= 0.6 is 12.2 Å². The number of aromatic nitrogens is 2. The molecule has 0 spiro atoms. The van der Waals surface area contributed by atoms with E-state index in [9.17, 15) is 4.79 Å². The maximum absolute atomic E-state index is 12.1. The highest BCUT2D eigenvalue weighted by Crippen LogP contribution is 2.22. The molecule has 0 aliphatic carbocycles. The molecule has 2 heterocycles. The highest BCUT2D eigenvalue weighted by Gasteiger charge is 2.20. The molecule has 1 aromatic heterocycles. The van der Waals surface area contributed by atoms with Gasteiger partial charge in [-0.25, -0.2) is 4.68 Å². The summed E-state index contributed by atoms with van der Waals surface area (Å²) < 4.78 is 1.52. The molecule has 0 atom stereocenters. The van der Waals surface area contributed by atoms with E-state index in [0.29, 0.717) is 11.5 Å². The maximum Gasteiger partial charge on any atom is 0.268 e. The van der Waals surface area contributed by atoms with Crippen LogP contribution in [0.5, 0.6) is 0 Å². The summed E-state index contributed by atoms with van der Waals surface area (Å²) in [6.07, 6.45) is 5.87. The number of nitrogens with two attached hydrogens (primary N) is 1. The smallest absolute Gasteiger partial charge is 0.268 e. The van der Waals surface area contributed by atoms with E-state index in [0.717, 1.165) is 31.6 Å². The van der Waals surface area contributed by atoms with Crippen molar-refractivity contribution >= 4 is 22.9 Å². The zero-order valence-electron chi connectivity index (χ0n) is 12.8. The second kappa shape index (κ2) is 6.56. The Morgan fingerprint density at radius 1 is 1.43 bits per heavy atom. The van der Waals surface area contributed by atoms with Gasteiger partial charge in [-0.05, 0) is 25.7 Å². The molecule has 1 aliphatic heterocycles. The lowest BCUT2D eigenvalue weighted by Gasteiger charge is -2.22. The predicted octanol–water partition coefficient (Wildman–Crippen LogP) is 1.94. The molecule has 6 heteroatoms. The van der Waals surface area contributed by atoms with Gasteiger partial charge in [-0.2, -0.15) is 5.10 Å². The van der Waals surface area contributed by atoms with Crippen LogP contribution in [0.1, 0.15) is 39.5 Å². The van der Waals surface area contributed by atoms with Gasteiger partial charge in [0.2, 0.25) is 0 Å². The third kappa shape index (κ3) is 4.03. The minimum absolute atomic E-state index is 0.0347. The lowest BCUT2D eigenvalue weighted by Crippen LogP contribution is -2.31. The van der Waals surface area contributed by atoms with Crippen LogP contribution in [0, 0.1) is 5.41 Å². The molecule has 0 radical (unpaired) electrons. The number of nitrogens with zero attached hydrogens (tertiary/aromatic N) is 3. The molecule has 5 nitrogen and oxygen atoms in total. The Labute approximate surface area is 131 Å². The van der Waals surface area contributed by atoms with Crippen molar-refractivity contribution in [1.82, 2.24) is 9.78 Å². The van der Waals surface area contributed by atoms with Crippen molar-refractivity contribution < 1.29 is 0 Å². The van der Waals surface area contributed by atoms with Crippen LogP contribution in [0.2, 0.25) is 0 Å². The summed E-state index contributed by atoms with van der Waals surface area (Å²) in [5, 5.41) is 4.29. The summed E-state index contributed by atoms with van der Waals surface area (Å²) in [5.41, 5.74) is 6.45. The van der Waals surface area contributed by atoms with Crippen molar-refractivity contribution in [2.45, 2.75) is 46.1 Å². The van der Waals surface area contributed by atoms with Crippen LogP contribution in [-0.2, 0) is 6.54 Å². The van der Waals surface area contributed by atoms with Crippen LogP contribution in [0.15, 0.2) is 17.1 Å². The van der Waals surface area contributed by atoms with E-state index in [4.69, 9.17) is 18.0 Å². The fourth-order valence-corrected chi connectivity index (χ4v) is 2.64. The molecule has 2 N–H and O–H groups in total. The molecule has 0 aromatic carbocycles. The van der Waals surface area contributed by atoms with Gasteiger partial charge in [-0.3, -0.25) is 4.79 Å². The highest BCUT2D eigenvalue weighted by atomic mass is 32.1. The molecule has 0 bridgehead atoms. The van der Waals surface area contributed by atoms with Crippen molar-refractivity contribution in [3.8, 4) is 0 Å². The molecule has 1 fully saturated rings. The predicted molar refractivity (Wildman–Crippen MR) is 89.7 cm³/mol. The second-order valence-electron chi connectivity index (χ2n) is 6.32. The molecule has 0 amide bonds. The Morgan fingerprint density at radius 3 is 2.67 bits per heavy atom. The monoisotopic (exact) mass is 308 g/mol. The molecule has 0 saturated carbocycles. The van der Waals surface area contributed by atoms with E-state index in [2.05, 4.69) is 10.00 Å². The van der Waals surface area contributed by atoms with Gasteiger partial charge in [0, 0.05) is 31.1 Å². The first-order valence-corrected chi connectivity index (χ1v) is 7.93. The first kappa shape index (κ1) is 15.9. The molecule has 21 heavy (non-hydrogen) atoms. The van der Waals surface area contributed by atoms with Gasteiger partial charge in [0.15, 0.2) is 0 Å². The molecular weight excluding hydrogens is 284 g/mol. The summed E-state index contributed by atoms with van der Waals surface area (Å²) >= 11 is 5.05. The van der Waals surface area contributed by atoms with Crippen molar-refractivity contribution in [3.63, 3.8) is 0 Å². The number of thiocarbonyl (C=S) groups is 1. The Kier molecular flexibility index (Phi) is 4.98. The number of hydrogen-bond donors (Lipinski definition) is 1. The zero-order chi connectivity index (χ0) is 15.5. The molecule has 2 rings (SSSR count). The van der Waals surface area contributed by atoms with E-state index in [1.165, 1.54) is 17.5 Å². The topological polar surface area (TPSA) is 64.2 Å². The highest BCUT2D eigenvalue weighted by molar-refractivity contribution is 7.80. The van der Waals surface area contributed by atoms with Gasteiger partial charge in [0.1, 0.15) is 0 Å². The molecule has 0 unspecified atom stereocenters. The normalized spacial score (nSPS) is 15.4. The van der Waals surface area contributed by atoms with Gasteiger partial charge in [-0.1, -0.05) is 26.1 Å². The van der Waals surface area contributed by atoms with Crippen LogP contribution in [0.25, 0.3) is 0 Å². The van der Waals surface area contributed by atoms with Crippen molar-refractivity contribution in [2.75, 3.05) is 18.0 Å². The lowest BCUT2D eigenvalue weighted by atomic mass is 9.88. The van der Waals surface area contributed by atoms with Crippen molar-refractivity contribution in [1.29, 1.82) is 0 Å². The van der Waals surface area contributed by atoms with Gasteiger partial charge >= 0.3 is 0 Å². The minimum atomic E-state index is -0.172. The summed E-state index contributed by atoms with van der Waals surface area (Å²) in [6.45, 7) is 6.70. The number of hydrogen-bond acceptors (Lipinski definition) is 4. The van der Waals surface area contributed by atoms with E-state index in [1.54, 1.807) is 12.3 Å². The molecular formula is C15H24N4OS. The zero-order valence-corrected chi connectivity index (χ0v) is 13.7. The third-order valence-electron chi connectivity index (χ3n) is 4.17. The molecule has 116 valence electrons. The van der Waals surface area contributed by atoms with Gasteiger partial charge in [0.25, 0.3) is 5.56 Å². The summed E-state index contributed by atoms with van der Waals surface area (Å²) in [6, 6.07) is 1.69. The van der Waals surface area contributed by atoms with E-state index >= 15 is 0 Å². The number of rotatable bonds is 6. The number of aryl methyl sites for hydroxylation is 1. The Morgan fingerprint density at radius 2 is 2.10 bits per heavy atom. The van der Waals surface area contributed by atoms with E-state index < -0.39 is 0 Å². The fraction of sp³-hybridized carbons (Fsp3) is 0.667. The Bertz CT molecular complexity index is 561. The SMILES string of the molecule is CC(C)(CCCn1ncc(N2CCCC2)cc1=O)C(N)=S.